The summed E-state index contributed by atoms with van der Waals surface area (Å²) in [5.74, 6) is -1.06. The van der Waals surface area contributed by atoms with Crippen LogP contribution in [0.5, 0.6) is 0 Å². The first kappa shape index (κ1) is 19.7. The van der Waals surface area contributed by atoms with Crippen molar-refractivity contribution in [3.05, 3.63) is 0 Å². The number of rotatable bonds is 6. The lowest BCUT2D eigenvalue weighted by Crippen LogP contribution is -2.17. The Morgan fingerprint density at radius 2 is 1.37 bits per heavy atom. The van der Waals surface area contributed by atoms with Crippen molar-refractivity contribution in [2.75, 3.05) is 27.9 Å². The van der Waals surface area contributed by atoms with E-state index >= 15 is 0 Å². The molecule has 0 heterocycles. The maximum Gasteiger partial charge on any atom is 0.306 e. The Morgan fingerprint density at radius 1 is 0.947 bits per heavy atom. The Balaban J connectivity index is 0. The van der Waals surface area contributed by atoms with Crippen molar-refractivity contribution in [1.29, 1.82) is 0 Å². The maximum absolute atomic E-state index is 10.4. The van der Waals surface area contributed by atoms with Crippen molar-refractivity contribution in [1.82, 2.24) is 0 Å². The summed E-state index contributed by atoms with van der Waals surface area (Å²) in [4.78, 5) is 31.1. The second-order valence-electron chi connectivity index (χ2n) is 3.53. The van der Waals surface area contributed by atoms with Gasteiger partial charge >= 0.3 is 17.9 Å². The van der Waals surface area contributed by atoms with Gasteiger partial charge in [-0.15, -0.1) is 0 Å². The zero-order chi connectivity index (χ0) is 15.3. The average Bonchev–Trinajstić information content (AvgIpc) is 2.35. The van der Waals surface area contributed by atoms with Gasteiger partial charge in [-0.05, 0) is 6.92 Å². The number of carbonyl (C=O) groups is 3. The third kappa shape index (κ3) is 16.4. The second kappa shape index (κ2) is 12.8. The molecule has 0 aromatic carbocycles. The zero-order valence-corrected chi connectivity index (χ0v) is 12.1. The molecule has 0 radical (unpaired) electrons. The third-order valence-corrected chi connectivity index (χ3v) is 1.76. The van der Waals surface area contributed by atoms with Gasteiger partial charge in [0.15, 0.2) is 0 Å². The van der Waals surface area contributed by atoms with Crippen molar-refractivity contribution in [3.63, 3.8) is 0 Å². The molecule has 0 bridgehead atoms. The van der Waals surface area contributed by atoms with Crippen LogP contribution in [0.15, 0.2) is 0 Å². The minimum Gasteiger partial charge on any atom is -0.469 e. The largest absolute Gasteiger partial charge is 0.469 e. The van der Waals surface area contributed by atoms with Crippen LogP contribution in [0.3, 0.4) is 0 Å². The van der Waals surface area contributed by atoms with Crippen molar-refractivity contribution in [2.45, 2.75) is 32.8 Å². The first-order valence-corrected chi connectivity index (χ1v) is 5.67. The Hall–Kier alpha value is -1.63. The molecule has 0 saturated heterocycles. The molecule has 1 atom stereocenters. The normalized spacial score (nSPS) is 10.6. The van der Waals surface area contributed by atoms with Crippen LogP contribution in [0, 0.1) is 0 Å². The van der Waals surface area contributed by atoms with Gasteiger partial charge in [-0.25, -0.2) is 0 Å². The number of carbonyl (C=O) groups excluding carboxylic acids is 3. The quantitative estimate of drug-likeness (QED) is 0.522. The molecule has 0 aromatic heterocycles. The Bertz CT molecular complexity index is 259. The van der Waals surface area contributed by atoms with Gasteiger partial charge in [-0.2, -0.15) is 0 Å². The lowest BCUT2D eigenvalue weighted by atomic mass is 10.3. The fourth-order valence-electron chi connectivity index (χ4n) is 0.960. The number of ether oxygens (including phenoxy) is 4. The molecule has 0 amide bonds. The van der Waals surface area contributed by atoms with Gasteiger partial charge in [0.2, 0.25) is 0 Å². The van der Waals surface area contributed by atoms with E-state index in [0.717, 1.165) is 0 Å². The highest BCUT2D eigenvalue weighted by Gasteiger charge is 2.05. The topological polar surface area (TPSA) is 88.1 Å². The molecule has 7 heteroatoms. The molecule has 0 saturated carbocycles. The highest BCUT2D eigenvalue weighted by atomic mass is 16.6. The number of esters is 3. The third-order valence-electron chi connectivity index (χ3n) is 1.76. The van der Waals surface area contributed by atoms with Gasteiger partial charge in [0, 0.05) is 14.0 Å². The standard InChI is InChI=1S/C6H10O4.C6H12O3/c1-9-5(7)3-4-6(8)10-2;1-5(4-8-3)9-6(2)7/h3-4H2,1-2H3;5H,4H2,1-3H3. The van der Waals surface area contributed by atoms with Crippen LogP contribution in [-0.2, 0) is 33.3 Å². The molecule has 0 fully saturated rings. The highest BCUT2D eigenvalue weighted by Crippen LogP contribution is 1.92. The monoisotopic (exact) mass is 278 g/mol. The summed E-state index contributed by atoms with van der Waals surface area (Å²) in [7, 11) is 4.12. The minimum absolute atomic E-state index is 0.0865. The molecule has 112 valence electrons. The fraction of sp³-hybridized carbons (Fsp3) is 0.750. The van der Waals surface area contributed by atoms with Crippen LogP contribution < -0.4 is 0 Å². The van der Waals surface area contributed by atoms with Crippen molar-refractivity contribution >= 4 is 17.9 Å². The molecule has 0 aliphatic rings. The van der Waals surface area contributed by atoms with Crippen LogP contribution in [0.1, 0.15) is 26.7 Å². The smallest absolute Gasteiger partial charge is 0.306 e. The summed E-state index contributed by atoms with van der Waals surface area (Å²) in [6.07, 6.45) is 0.0410. The van der Waals surface area contributed by atoms with Gasteiger partial charge in [0.25, 0.3) is 0 Å². The van der Waals surface area contributed by atoms with E-state index in [1.54, 1.807) is 14.0 Å². The van der Waals surface area contributed by atoms with E-state index in [1.807, 2.05) is 0 Å². The molecular weight excluding hydrogens is 256 g/mol. The average molecular weight is 278 g/mol. The molecular formula is C12H22O7. The second-order valence-corrected chi connectivity index (χ2v) is 3.53. The van der Waals surface area contributed by atoms with Gasteiger partial charge in [0.05, 0.1) is 33.7 Å². The van der Waals surface area contributed by atoms with Gasteiger partial charge < -0.3 is 18.9 Å². The zero-order valence-electron chi connectivity index (χ0n) is 12.1. The molecule has 7 nitrogen and oxygen atoms in total. The molecule has 0 aliphatic carbocycles. The molecule has 0 aliphatic heterocycles. The molecule has 0 rings (SSSR count). The molecule has 0 spiro atoms. The van der Waals surface area contributed by atoms with E-state index in [4.69, 9.17) is 9.47 Å². The van der Waals surface area contributed by atoms with E-state index in [2.05, 4.69) is 9.47 Å². The van der Waals surface area contributed by atoms with Crippen molar-refractivity contribution in [2.24, 2.45) is 0 Å². The Labute approximate surface area is 113 Å². The lowest BCUT2D eigenvalue weighted by molar-refractivity contribution is -0.147. The molecule has 19 heavy (non-hydrogen) atoms. The SMILES string of the molecule is COC(=O)CCC(=O)OC.COCC(C)OC(C)=O. The molecule has 0 N–H and O–H groups in total. The lowest BCUT2D eigenvalue weighted by Gasteiger charge is -2.08. The van der Waals surface area contributed by atoms with E-state index < -0.39 is 11.9 Å². The first-order valence-electron chi connectivity index (χ1n) is 5.67. The Kier molecular flexibility index (Phi) is 13.3. The predicted octanol–water partition coefficient (Wildman–Crippen LogP) is 0.697. The van der Waals surface area contributed by atoms with Gasteiger partial charge in [-0.3, -0.25) is 14.4 Å². The summed E-state index contributed by atoms with van der Waals surface area (Å²) >= 11 is 0. The van der Waals surface area contributed by atoms with Crippen LogP contribution in [0.2, 0.25) is 0 Å². The van der Waals surface area contributed by atoms with E-state index in [9.17, 15) is 14.4 Å². The fourth-order valence-corrected chi connectivity index (χ4v) is 0.960. The van der Waals surface area contributed by atoms with Crippen LogP contribution in [0.4, 0.5) is 0 Å². The van der Waals surface area contributed by atoms with Crippen LogP contribution in [-0.4, -0.2) is 51.9 Å². The van der Waals surface area contributed by atoms with Crippen molar-refractivity contribution < 1.29 is 33.3 Å². The van der Waals surface area contributed by atoms with Gasteiger partial charge in [-0.1, -0.05) is 0 Å². The summed E-state index contributed by atoms with van der Waals surface area (Å²) < 4.78 is 18.1. The van der Waals surface area contributed by atoms with E-state index in [1.165, 1.54) is 21.1 Å². The number of hydrogen-bond acceptors (Lipinski definition) is 7. The van der Waals surface area contributed by atoms with Crippen molar-refractivity contribution in [3.8, 4) is 0 Å². The minimum atomic E-state index is -0.398. The molecule has 0 aromatic rings. The summed E-state index contributed by atoms with van der Waals surface area (Å²) in [5.41, 5.74) is 0. The Morgan fingerprint density at radius 3 is 1.63 bits per heavy atom. The molecule has 1 unspecified atom stereocenters. The van der Waals surface area contributed by atoms with E-state index in [0.29, 0.717) is 6.61 Å². The summed E-state index contributed by atoms with van der Waals surface area (Å²) in [6, 6.07) is 0. The summed E-state index contributed by atoms with van der Waals surface area (Å²) in [6.45, 7) is 3.62. The van der Waals surface area contributed by atoms with Gasteiger partial charge in [0.1, 0.15) is 6.10 Å². The summed E-state index contributed by atoms with van der Waals surface area (Å²) in [5, 5.41) is 0. The maximum atomic E-state index is 10.4. The number of methoxy groups -OCH3 is 3. The predicted molar refractivity (Wildman–Crippen MR) is 66.4 cm³/mol. The van der Waals surface area contributed by atoms with E-state index in [-0.39, 0.29) is 24.9 Å². The number of hydrogen-bond donors (Lipinski definition) is 0. The van der Waals surface area contributed by atoms with Crippen LogP contribution >= 0.6 is 0 Å². The first-order chi connectivity index (χ1) is 8.87. The highest BCUT2D eigenvalue weighted by molar-refractivity contribution is 5.77. The van der Waals surface area contributed by atoms with Crippen LogP contribution in [0.25, 0.3) is 0 Å².